The van der Waals surface area contributed by atoms with Crippen molar-refractivity contribution in [1.29, 1.82) is 0 Å². The van der Waals surface area contributed by atoms with E-state index in [1.165, 1.54) is 16.3 Å². The molecule has 0 aliphatic carbocycles. The van der Waals surface area contributed by atoms with E-state index in [1.54, 1.807) is 43.3 Å². The molecule has 0 aliphatic rings. The molecule has 2 rings (SSSR count). The molecule has 1 N–H and O–H groups in total. The quantitative estimate of drug-likeness (QED) is 0.364. The van der Waals surface area contributed by atoms with Gasteiger partial charge in [0.1, 0.15) is 11.8 Å². The molecule has 0 radical (unpaired) electrons. The summed E-state index contributed by atoms with van der Waals surface area (Å²) >= 11 is 6.33. The van der Waals surface area contributed by atoms with E-state index in [4.69, 9.17) is 16.3 Å². The van der Waals surface area contributed by atoms with Crippen molar-refractivity contribution >= 4 is 39.1 Å². The number of rotatable bonds is 14. The molecule has 0 aromatic heterocycles. The monoisotopic (exact) mass is 537 g/mol. The Hall–Kier alpha value is -2.78. The van der Waals surface area contributed by atoms with Crippen LogP contribution >= 0.6 is 11.6 Å². The number of anilines is 1. The van der Waals surface area contributed by atoms with Gasteiger partial charge in [0.25, 0.3) is 0 Å². The number of unbranched alkanes of at least 4 members (excludes halogenated alkanes) is 1. The van der Waals surface area contributed by atoms with Gasteiger partial charge in [0.2, 0.25) is 21.8 Å². The normalized spacial score (nSPS) is 12.0. The van der Waals surface area contributed by atoms with Crippen LogP contribution in [0.15, 0.2) is 48.5 Å². The Morgan fingerprint density at radius 1 is 1.11 bits per heavy atom. The van der Waals surface area contributed by atoms with Crippen molar-refractivity contribution in [1.82, 2.24) is 10.2 Å². The summed E-state index contributed by atoms with van der Waals surface area (Å²) < 4.78 is 31.4. The molecule has 0 saturated carbocycles. The SMILES string of the molecule is CCCCNC(=O)[C@H](C)N(Cc1ccccc1Cl)C(=O)CCCN(c1cccc(OC)c1)S(C)(=O)=O. The van der Waals surface area contributed by atoms with E-state index >= 15 is 0 Å². The van der Waals surface area contributed by atoms with Crippen LogP contribution in [0.4, 0.5) is 5.69 Å². The lowest BCUT2D eigenvalue weighted by molar-refractivity contribution is -0.140. The predicted molar refractivity (Wildman–Crippen MR) is 144 cm³/mol. The summed E-state index contributed by atoms with van der Waals surface area (Å²) in [5.41, 5.74) is 1.19. The van der Waals surface area contributed by atoms with Crippen molar-refractivity contribution in [2.75, 3.05) is 30.8 Å². The Morgan fingerprint density at radius 2 is 1.83 bits per heavy atom. The molecule has 10 heteroatoms. The first-order chi connectivity index (χ1) is 17.1. The number of carbonyl (C=O) groups is 2. The maximum absolute atomic E-state index is 13.3. The molecule has 2 amide bonds. The van der Waals surface area contributed by atoms with Crippen LogP contribution in [0.25, 0.3) is 0 Å². The van der Waals surface area contributed by atoms with Gasteiger partial charge in [-0.05, 0) is 43.5 Å². The van der Waals surface area contributed by atoms with Gasteiger partial charge in [-0.15, -0.1) is 0 Å². The van der Waals surface area contributed by atoms with Crippen LogP contribution in [-0.4, -0.2) is 57.6 Å². The van der Waals surface area contributed by atoms with Crippen molar-refractivity contribution in [2.24, 2.45) is 0 Å². The number of hydrogen-bond acceptors (Lipinski definition) is 5. The number of methoxy groups -OCH3 is 1. The van der Waals surface area contributed by atoms with E-state index < -0.39 is 16.1 Å². The first-order valence-corrected chi connectivity index (χ1v) is 14.2. The number of carbonyl (C=O) groups excluding carboxylic acids is 2. The van der Waals surface area contributed by atoms with E-state index in [0.29, 0.717) is 23.0 Å². The Morgan fingerprint density at radius 3 is 2.47 bits per heavy atom. The molecule has 0 aliphatic heterocycles. The molecular weight excluding hydrogens is 502 g/mol. The third-order valence-corrected chi connectivity index (χ3v) is 7.35. The van der Waals surface area contributed by atoms with E-state index in [-0.39, 0.29) is 37.7 Å². The number of halogens is 1. The molecule has 2 aromatic carbocycles. The molecule has 1 atom stereocenters. The minimum absolute atomic E-state index is 0.0625. The lowest BCUT2D eigenvalue weighted by Crippen LogP contribution is -2.48. The van der Waals surface area contributed by atoms with Crippen molar-refractivity contribution in [3.05, 3.63) is 59.1 Å². The van der Waals surface area contributed by atoms with Gasteiger partial charge in [0, 0.05) is 37.1 Å². The van der Waals surface area contributed by atoms with Gasteiger partial charge in [-0.3, -0.25) is 13.9 Å². The Kier molecular flexibility index (Phi) is 11.5. The summed E-state index contributed by atoms with van der Waals surface area (Å²) in [7, 11) is -2.08. The highest BCUT2D eigenvalue weighted by atomic mass is 35.5. The minimum atomic E-state index is -3.59. The van der Waals surface area contributed by atoms with Gasteiger partial charge in [0.05, 0.1) is 19.1 Å². The van der Waals surface area contributed by atoms with E-state index in [1.807, 2.05) is 19.1 Å². The van der Waals surface area contributed by atoms with Gasteiger partial charge in [-0.2, -0.15) is 0 Å². The second kappa shape index (κ2) is 14.1. The van der Waals surface area contributed by atoms with Gasteiger partial charge >= 0.3 is 0 Å². The minimum Gasteiger partial charge on any atom is -0.497 e. The summed E-state index contributed by atoms with van der Waals surface area (Å²) in [4.78, 5) is 27.6. The second-order valence-electron chi connectivity index (χ2n) is 8.57. The average Bonchev–Trinajstić information content (AvgIpc) is 2.85. The topological polar surface area (TPSA) is 96.0 Å². The largest absolute Gasteiger partial charge is 0.497 e. The van der Waals surface area contributed by atoms with Crippen LogP contribution in [0.2, 0.25) is 5.02 Å². The highest BCUT2D eigenvalue weighted by Crippen LogP contribution is 2.24. The number of sulfonamides is 1. The highest BCUT2D eigenvalue weighted by molar-refractivity contribution is 7.92. The van der Waals surface area contributed by atoms with Gasteiger partial charge < -0.3 is 15.0 Å². The molecule has 0 heterocycles. The predicted octanol–water partition coefficient (Wildman–Crippen LogP) is 4.23. The lowest BCUT2D eigenvalue weighted by atomic mass is 10.1. The number of benzene rings is 2. The fraction of sp³-hybridized carbons (Fsp3) is 0.462. The first-order valence-electron chi connectivity index (χ1n) is 12.0. The summed E-state index contributed by atoms with van der Waals surface area (Å²) in [6.07, 6.45) is 3.25. The summed E-state index contributed by atoms with van der Waals surface area (Å²) in [6, 6.07) is 13.2. The standard InChI is InChI=1S/C26H36ClN3O5S/c1-5-6-16-28-26(32)20(2)29(19-21-11-7-8-14-24(21)27)25(31)15-10-17-30(36(4,33)34)22-12-9-13-23(18-22)35-3/h7-9,11-14,18,20H,5-6,10,15-17,19H2,1-4H3,(H,28,32)/t20-/m0/s1. The van der Waals surface area contributed by atoms with Crippen molar-refractivity contribution in [3.63, 3.8) is 0 Å². The fourth-order valence-corrected chi connectivity index (χ4v) is 4.85. The molecular formula is C26H36ClN3O5S. The van der Waals surface area contributed by atoms with Crippen LogP contribution in [0.5, 0.6) is 5.75 Å². The van der Waals surface area contributed by atoms with Crippen LogP contribution in [0.1, 0.15) is 45.1 Å². The second-order valence-corrected chi connectivity index (χ2v) is 10.9. The maximum Gasteiger partial charge on any atom is 0.242 e. The third kappa shape index (κ3) is 8.71. The van der Waals surface area contributed by atoms with Gasteiger partial charge in [-0.25, -0.2) is 8.42 Å². The molecule has 36 heavy (non-hydrogen) atoms. The summed E-state index contributed by atoms with van der Waals surface area (Å²) in [5.74, 6) is 0.0382. The highest BCUT2D eigenvalue weighted by Gasteiger charge is 2.27. The summed E-state index contributed by atoms with van der Waals surface area (Å²) in [6.45, 7) is 4.54. The third-order valence-electron chi connectivity index (χ3n) is 5.79. The smallest absolute Gasteiger partial charge is 0.242 e. The molecule has 0 fully saturated rings. The molecule has 0 unspecified atom stereocenters. The average molecular weight is 538 g/mol. The molecule has 0 bridgehead atoms. The zero-order valence-corrected chi connectivity index (χ0v) is 22.9. The zero-order chi connectivity index (χ0) is 26.7. The van der Waals surface area contributed by atoms with Crippen molar-refractivity contribution in [3.8, 4) is 5.75 Å². The molecule has 2 aromatic rings. The van der Waals surface area contributed by atoms with Crippen LogP contribution < -0.4 is 14.4 Å². The van der Waals surface area contributed by atoms with Gasteiger partial charge in [0.15, 0.2) is 0 Å². The molecule has 8 nitrogen and oxygen atoms in total. The van der Waals surface area contributed by atoms with Gasteiger partial charge in [-0.1, -0.05) is 49.2 Å². The fourth-order valence-electron chi connectivity index (χ4n) is 3.70. The molecule has 198 valence electrons. The zero-order valence-electron chi connectivity index (χ0n) is 21.4. The molecule has 0 saturated heterocycles. The number of ether oxygens (including phenoxy) is 1. The van der Waals surface area contributed by atoms with E-state index in [2.05, 4.69) is 5.32 Å². The number of hydrogen-bond donors (Lipinski definition) is 1. The van der Waals surface area contributed by atoms with Crippen LogP contribution in [0.3, 0.4) is 0 Å². The Balaban J connectivity index is 2.17. The van der Waals surface area contributed by atoms with Crippen LogP contribution in [0, 0.1) is 0 Å². The maximum atomic E-state index is 13.3. The number of nitrogens with zero attached hydrogens (tertiary/aromatic N) is 2. The van der Waals surface area contributed by atoms with Crippen molar-refractivity contribution < 1.29 is 22.7 Å². The van der Waals surface area contributed by atoms with Crippen molar-refractivity contribution in [2.45, 2.75) is 52.1 Å². The Labute approximate surface area is 219 Å². The van der Waals surface area contributed by atoms with Crippen LogP contribution in [-0.2, 0) is 26.2 Å². The number of amides is 2. The lowest BCUT2D eigenvalue weighted by Gasteiger charge is -2.29. The first kappa shape index (κ1) is 29.5. The van der Waals surface area contributed by atoms with E-state index in [0.717, 1.165) is 24.7 Å². The molecule has 0 spiro atoms. The summed E-state index contributed by atoms with van der Waals surface area (Å²) in [5, 5.41) is 3.39. The van der Waals surface area contributed by atoms with E-state index in [9.17, 15) is 18.0 Å². The Bertz CT molecular complexity index is 1130. The number of nitrogens with one attached hydrogen (secondary N) is 1.